The maximum absolute atomic E-state index is 14.0. The summed E-state index contributed by atoms with van der Waals surface area (Å²) in [6, 6.07) is 16.7. The van der Waals surface area contributed by atoms with Gasteiger partial charge in [0.1, 0.15) is 5.82 Å². The molecule has 7 heteroatoms. The number of carbonyl (C=O) groups is 1. The minimum Gasteiger partial charge on any atom is -0.352 e. The van der Waals surface area contributed by atoms with E-state index in [9.17, 15) is 9.18 Å². The number of carbonyl (C=O) groups excluding carboxylic acids is 1. The number of amides is 1. The summed E-state index contributed by atoms with van der Waals surface area (Å²) in [7, 11) is 0. The summed E-state index contributed by atoms with van der Waals surface area (Å²) in [5.74, 6) is 0.223. The molecule has 1 aliphatic rings. The van der Waals surface area contributed by atoms with Crippen molar-refractivity contribution in [3.8, 4) is 11.3 Å². The molecule has 31 heavy (non-hydrogen) atoms. The molecule has 4 rings (SSSR count). The van der Waals surface area contributed by atoms with Gasteiger partial charge in [0.2, 0.25) is 5.91 Å². The molecule has 1 saturated heterocycles. The highest BCUT2D eigenvalue weighted by atomic mass is 35.5. The Kier molecular flexibility index (Phi) is 6.47. The van der Waals surface area contributed by atoms with Gasteiger partial charge in [0.05, 0.1) is 12.1 Å². The number of nitrogens with zero attached hydrogens (tertiary/aromatic N) is 4. The lowest BCUT2D eigenvalue weighted by Crippen LogP contribution is -2.49. The zero-order valence-corrected chi connectivity index (χ0v) is 18.1. The first kappa shape index (κ1) is 21.2. The predicted molar refractivity (Wildman–Crippen MR) is 121 cm³/mol. The second kappa shape index (κ2) is 9.43. The van der Waals surface area contributed by atoms with E-state index in [2.05, 4.69) is 46.3 Å². The minimum atomic E-state index is -0.445. The summed E-state index contributed by atoms with van der Waals surface area (Å²) in [4.78, 5) is 16.5. The summed E-state index contributed by atoms with van der Waals surface area (Å²) in [5.41, 5.74) is 3.42. The van der Waals surface area contributed by atoms with Crippen LogP contribution in [-0.4, -0.2) is 47.2 Å². The quantitative estimate of drug-likeness (QED) is 0.592. The van der Waals surface area contributed by atoms with E-state index in [4.69, 9.17) is 11.6 Å². The molecule has 0 atom stereocenters. The standard InChI is InChI=1S/C24H24ClFN4O/c1-2-17-6-8-18(9-7-17)22-10-11-23(28-27-22)29-12-14-30(15-13-29)24(31)16-19-20(25)4-3-5-21(19)26/h3-11H,2,12-16H2,1H3. The van der Waals surface area contributed by atoms with Gasteiger partial charge >= 0.3 is 0 Å². The van der Waals surface area contributed by atoms with Gasteiger partial charge in [-0.05, 0) is 36.2 Å². The van der Waals surface area contributed by atoms with Crippen LogP contribution in [0, 0.1) is 5.82 Å². The topological polar surface area (TPSA) is 49.3 Å². The van der Waals surface area contributed by atoms with Crippen molar-refractivity contribution in [2.75, 3.05) is 31.1 Å². The summed E-state index contributed by atoms with van der Waals surface area (Å²) in [6.07, 6.45) is 0.976. The highest BCUT2D eigenvalue weighted by molar-refractivity contribution is 6.31. The first-order valence-electron chi connectivity index (χ1n) is 10.4. The second-order valence-electron chi connectivity index (χ2n) is 7.57. The Morgan fingerprint density at radius 3 is 2.35 bits per heavy atom. The second-order valence-corrected chi connectivity index (χ2v) is 7.98. The van der Waals surface area contributed by atoms with Crippen molar-refractivity contribution in [3.63, 3.8) is 0 Å². The molecule has 1 aliphatic heterocycles. The molecule has 0 aliphatic carbocycles. The highest BCUT2D eigenvalue weighted by Crippen LogP contribution is 2.22. The Morgan fingerprint density at radius 1 is 1.00 bits per heavy atom. The number of piperazine rings is 1. The average Bonchev–Trinajstić information content (AvgIpc) is 2.82. The Hall–Kier alpha value is -2.99. The number of aromatic nitrogens is 2. The normalized spacial score (nSPS) is 14.0. The summed E-state index contributed by atoms with van der Waals surface area (Å²) in [5, 5.41) is 9.05. The molecule has 3 aromatic rings. The Morgan fingerprint density at radius 2 is 1.74 bits per heavy atom. The third kappa shape index (κ3) is 4.85. The molecule has 2 aromatic carbocycles. The van der Waals surface area contributed by atoms with E-state index < -0.39 is 5.82 Å². The largest absolute Gasteiger partial charge is 0.352 e. The minimum absolute atomic E-state index is 0.0309. The van der Waals surface area contributed by atoms with Crippen molar-refractivity contribution >= 4 is 23.3 Å². The molecule has 2 heterocycles. The van der Waals surface area contributed by atoms with Crippen LogP contribution in [0.4, 0.5) is 10.2 Å². The molecule has 0 N–H and O–H groups in total. The summed E-state index contributed by atoms with van der Waals surface area (Å²) >= 11 is 6.05. The van der Waals surface area contributed by atoms with Gasteiger partial charge in [-0.3, -0.25) is 4.79 Å². The maximum Gasteiger partial charge on any atom is 0.227 e. The maximum atomic E-state index is 14.0. The van der Waals surface area contributed by atoms with Gasteiger partial charge in [-0.15, -0.1) is 10.2 Å². The Bertz CT molecular complexity index is 1030. The van der Waals surface area contributed by atoms with E-state index >= 15 is 0 Å². The Labute approximate surface area is 186 Å². The molecule has 0 spiro atoms. The third-order valence-corrected chi connectivity index (χ3v) is 6.01. The molecule has 0 saturated carbocycles. The number of benzene rings is 2. The molecule has 0 unspecified atom stereocenters. The van der Waals surface area contributed by atoms with E-state index in [0.717, 1.165) is 23.5 Å². The first-order chi connectivity index (χ1) is 15.0. The lowest BCUT2D eigenvalue weighted by atomic mass is 10.1. The van der Waals surface area contributed by atoms with Gasteiger partial charge in [-0.25, -0.2) is 4.39 Å². The van der Waals surface area contributed by atoms with Crippen molar-refractivity contribution in [2.24, 2.45) is 0 Å². The molecular weight excluding hydrogens is 415 g/mol. The fourth-order valence-electron chi connectivity index (χ4n) is 3.71. The van der Waals surface area contributed by atoms with Crippen LogP contribution in [0.2, 0.25) is 5.02 Å². The number of hydrogen-bond acceptors (Lipinski definition) is 4. The van der Waals surface area contributed by atoms with Crippen LogP contribution in [0.3, 0.4) is 0 Å². The van der Waals surface area contributed by atoms with Crippen LogP contribution in [0.15, 0.2) is 54.6 Å². The molecule has 1 amide bonds. The van der Waals surface area contributed by atoms with Crippen LogP contribution in [0.25, 0.3) is 11.3 Å². The van der Waals surface area contributed by atoms with Crippen molar-refractivity contribution in [2.45, 2.75) is 19.8 Å². The van der Waals surface area contributed by atoms with Crippen molar-refractivity contribution < 1.29 is 9.18 Å². The SMILES string of the molecule is CCc1ccc(-c2ccc(N3CCN(C(=O)Cc4c(F)cccc4Cl)CC3)nn2)cc1. The van der Waals surface area contributed by atoms with Crippen LogP contribution < -0.4 is 4.90 Å². The Balaban J connectivity index is 1.35. The van der Waals surface area contributed by atoms with E-state index in [1.165, 1.54) is 17.7 Å². The van der Waals surface area contributed by atoms with E-state index in [1.54, 1.807) is 11.0 Å². The van der Waals surface area contributed by atoms with Gasteiger partial charge in [-0.2, -0.15) is 0 Å². The van der Waals surface area contributed by atoms with Gasteiger partial charge < -0.3 is 9.80 Å². The lowest BCUT2D eigenvalue weighted by Gasteiger charge is -2.35. The smallest absolute Gasteiger partial charge is 0.227 e. The molecular formula is C24H24ClFN4O. The van der Waals surface area contributed by atoms with Crippen LogP contribution >= 0.6 is 11.6 Å². The molecule has 5 nitrogen and oxygen atoms in total. The summed E-state index contributed by atoms with van der Waals surface area (Å²) in [6.45, 7) is 4.53. The van der Waals surface area contributed by atoms with E-state index in [0.29, 0.717) is 26.2 Å². The van der Waals surface area contributed by atoms with Crippen molar-refractivity contribution in [1.29, 1.82) is 0 Å². The lowest BCUT2D eigenvalue weighted by molar-refractivity contribution is -0.130. The van der Waals surface area contributed by atoms with Crippen LogP contribution in [-0.2, 0) is 17.6 Å². The van der Waals surface area contributed by atoms with Gasteiger partial charge in [-0.1, -0.05) is 48.9 Å². The number of rotatable bonds is 5. The monoisotopic (exact) mass is 438 g/mol. The van der Waals surface area contributed by atoms with E-state index in [-0.39, 0.29) is 22.9 Å². The number of hydrogen-bond donors (Lipinski definition) is 0. The summed E-state index contributed by atoms with van der Waals surface area (Å²) < 4.78 is 14.0. The third-order valence-electron chi connectivity index (χ3n) is 5.65. The van der Waals surface area contributed by atoms with Crippen molar-refractivity contribution in [3.05, 3.63) is 76.6 Å². The molecule has 0 bridgehead atoms. The zero-order valence-electron chi connectivity index (χ0n) is 17.4. The first-order valence-corrected chi connectivity index (χ1v) is 10.8. The van der Waals surface area contributed by atoms with Crippen LogP contribution in [0.1, 0.15) is 18.1 Å². The fraction of sp³-hybridized carbons (Fsp3) is 0.292. The van der Waals surface area contributed by atoms with Gasteiger partial charge in [0, 0.05) is 42.3 Å². The van der Waals surface area contributed by atoms with E-state index in [1.807, 2.05) is 12.1 Å². The molecule has 1 fully saturated rings. The number of halogens is 2. The predicted octanol–water partition coefficient (Wildman–Crippen LogP) is 4.39. The highest BCUT2D eigenvalue weighted by Gasteiger charge is 2.23. The molecule has 1 aromatic heterocycles. The average molecular weight is 439 g/mol. The number of anilines is 1. The van der Waals surface area contributed by atoms with Crippen molar-refractivity contribution in [1.82, 2.24) is 15.1 Å². The fourth-order valence-corrected chi connectivity index (χ4v) is 3.94. The number of aryl methyl sites for hydroxylation is 1. The zero-order chi connectivity index (χ0) is 21.8. The van der Waals surface area contributed by atoms with Gasteiger partial charge in [0.25, 0.3) is 0 Å². The molecule has 160 valence electrons. The molecule has 0 radical (unpaired) electrons. The van der Waals surface area contributed by atoms with Crippen LogP contribution in [0.5, 0.6) is 0 Å². The van der Waals surface area contributed by atoms with Gasteiger partial charge in [0.15, 0.2) is 5.82 Å².